The van der Waals surface area contributed by atoms with Gasteiger partial charge in [-0.2, -0.15) is 0 Å². The molecule has 0 aromatic heterocycles. The summed E-state index contributed by atoms with van der Waals surface area (Å²) in [5.74, 6) is -0.265. The van der Waals surface area contributed by atoms with Crippen molar-refractivity contribution in [1.29, 1.82) is 0 Å². The van der Waals surface area contributed by atoms with Crippen LogP contribution in [-0.2, 0) is 11.2 Å². The third kappa shape index (κ3) is 5.36. The van der Waals surface area contributed by atoms with E-state index < -0.39 is 5.91 Å². The van der Waals surface area contributed by atoms with Crippen LogP contribution in [0.25, 0.3) is 6.08 Å². The predicted molar refractivity (Wildman–Crippen MR) is 98.5 cm³/mol. The van der Waals surface area contributed by atoms with E-state index in [0.29, 0.717) is 21.9 Å². The van der Waals surface area contributed by atoms with E-state index in [1.54, 1.807) is 36.4 Å². The molecule has 0 saturated heterocycles. The fourth-order valence-corrected chi connectivity index (χ4v) is 2.31. The molecule has 2 rings (SSSR count). The van der Waals surface area contributed by atoms with Crippen LogP contribution in [0.15, 0.2) is 48.5 Å². The zero-order valence-electron chi connectivity index (χ0n) is 14.0. The predicted octanol–water partition coefficient (Wildman–Crippen LogP) is 3.39. The van der Waals surface area contributed by atoms with E-state index in [-0.39, 0.29) is 5.91 Å². The van der Waals surface area contributed by atoms with Crippen molar-refractivity contribution >= 4 is 29.5 Å². The van der Waals surface area contributed by atoms with Gasteiger partial charge in [0.05, 0.1) is 7.11 Å². The van der Waals surface area contributed by atoms with Crippen molar-refractivity contribution in [3.63, 3.8) is 0 Å². The van der Waals surface area contributed by atoms with Crippen molar-refractivity contribution in [3.05, 3.63) is 70.3 Å². The van der Waals surface area contributed by atoms with E-state index in [1.165, 1.54) is 13.2 Å². The van der Waals surface area contributed by atoms with E-state index in [4.69, 9.17) is 16.3 Å². The third-order valence-electron chi connectivity index (χ3n) is 3.53. The third-order valence-corrected chi connectivity index (χ3v) is 3.76. The largest absolute Gasteiger partial charge is 0.496 e. The minimum absolute atomic E-state index is 0.385. The van der Waals surface area contributed by atoms with Crippen LogP contribution < -0.4 is 15.6 Å². The molecule has 0 bridgehead atoms. The Morgan fingerprint density at radius 3 is 2.48 bits per heavy atom. The van der Waals surface area contributed by atoms with Crippen molar-refractivity contribution in [2.75, 3.05) is 7.11 Å². The Morgan fingerprint density at radius 1 is 1.12 bits per heavy atom. The smallest absolute Gasteiger partial charge is 0.269 e. The first-order valence-corrected chi connectivity index (χ1v) is 8.12. The molecule has 0 radical (unpaired) electrons. The molecule has 0 saturated carbocycles. The number of nitrogens with one attached hydrogen (secondary N) is 2. The number of aryl methyl sites for hydroxylation is 1. The van der Waals surface area contributed by atoms with E-state index in [0.717, 1.165) is 12.0 Å². The van der Waals surface area contributed by atoms with Gasteiger partial charge < -0.3 is 4.74 Å². The molecule has 130 valence electrons. The number of ether oxygens (including phenoxy) is 1. The Morgan fingerprint density at radius 2 is 1.84 bits per heavy atom. The molecule has 25 heavy (non-hydrogen) atoms. The lowest BCUT2D eigenvalue weighted by molar-refractivity contribution is -0.117. The van der Waals surface area contributed by atoms with Crippen LogP contribution in [-0.4, -0.2) is 18.9 Å². The maximum absolute atomic E-state index is 12.0. The monoisotopic (exact) mass is 358 g/mol. The molecule has 6 heteroatoms. The highest BCUT2D eigenvalue weighted by atomic mass is 35.5. The zero-order valence-corrected chi connectivity index (χ0v) is 14.8. The number of halogens is 1. The molecule has 0 spiro atoms. The Labute approximate surface area is 151 Å². The lowest BCUT2D eigenvalue weighted by atomic mass is 10.1. The van der Waals surface area contributed by atoms with Crippen molar-refractivity contribution in [1.82, 2.24) is 10.9 Å². The summed E-state index contributed by atoms with van der Waals surface area (Å²) in [5.41, 5.74) is 6.97. The van der Waals surface area contributed by atoms with Gasteiger partial charge in [-0.1, -0.05) is 30.7 Å². The Hall–Kier alpha value is -2.79. The van der Waals surface area contributed by atoms with Crippen LogP contribution in [0.1, 0.15) is 28.4 Å². The summed E-state index contributed by atoms with van der Waals surface area (Å²) in [4.78, 5) is 23.8. The average molecular weight is 359 g/mol. The molecule has 0 fully saturated rings. The Kier molecular flexibility index (Phi) is 6.60. The number of carbonyl (C=O) groups excluding carboxylic acids is 2. The lowest BCUT2D eigenvalue weighted by Gasteiger charge is -2.07. The highest BCUT2D eigenvalue weighted by Crippen LogP contribution is 2.23. The van der Waals surface area contributed by atoms with Gasteiger partial charge in [-0.25, -0.2) is 0 Å². The maximum atomic E-state index is 12.0. The van der Waals surface area contributed by atoms with Gasteiger partial charge in [0.2, 0.25) is 0 Å². The average Bonchev–Trinajstić information content (AvgIpc) is 2.64. The van der Waals surface area contributed by atoms with Crippen LogP contribution in [0.2, 0.25) is 5.02 Å². The van der Waals surface area contributed by atoms with Crippen molar-refractivity contribution in [3.8, 4) is 5.75 Å². The number of hydrazine groups is 1. The molecule has 0 unspecified atom stereocenters. The standard InChI is InChI=1S/C19H19ClN2O3/c1-3-13-4-6-14(7-5-13)19(24)22-21-18(23)11-8-15-12-16(20)9-10-17(15)25-2/h4-12H,3H2,1-2H3,(H,21,23)(H,22,24)/b11-8+. The molecule has 0 atom stereocenters. The summed E-state index contributed by atoms with van der Waals surface area (Å²) >= 11 is 5.93. The fourth-order valence-electron chi connectivity index (χ4n) is 2.12. The first-order valence-electron chi connectivity index (χ1n) is 7.74. The van der Waals surface area contributed by atoms with Crippen molar-refractivity contribution in [2.45, 2.75) is 13.3 Å². The van der Waals surface area contributed by atoms with Gasteiger partial charge in [0, 0.05) is 22.2 Å². The number of carbonyl (C=O) groups is 2. The molecule has 0 aliphatic rings. The second-order valence-corrected chi connectivity index (χ2v) is 5.65. The first-order chi connectivity index (χ1) is 12.0. The maximum Gasteiger partial charge on any atom is 0.269 e. The normalized spacial score (nSPS) is 10.5. The molecule has 5 nitrogen and oxygen atoms in total. The van der Waals surface area contributed by atoms with E-state index >= 15 is 0 Å². The van der Waals surface area contributed by atoms with Crippen LogP contribution in [0.5, 0.6) is 5.75 Å². The number of hydrogen-bond donors (Lipinski definition) is 2. The Bertz CT molecular complexity index is 786. The van der Waals surface area contributed by atoms with Crippen LogP contribution in [0.4, 0.5) is 0 Å². The molecule has 2 aromatic carbocycles. The number of rotatable bonds is 5. The fraction of sp³-hybridized carbons (Fsp3) is 0.158. The lowest BCUT2D eigenvalue weighted by Crippen LogP contribution is -2.40. The molecule has 0 aliphatic heterocycles. The van der Waals surface area contributed by atoms with Gasteiger partial charge >= 0.3 is 0 Å². The van der Waals surface area contributed by atoms with Gasteiger partial charge in [-0.15, -0.1) is 0 Å². The number of hydrogen-bond acceptors (Lipinski definition) is 3. The van der Waals surface area contributed by atoms with E-state index in [2.05, 4.69) is 10.9 Å². The quantitative estimate of drug-likeness (QED) is 0.636. The van der Waals surface area contributed by atoms with Gasteiger partial charge in [0.25, 0.3) is 11.8 Å². The topological polar surface area (TPSA) is 67.4 Å². The summed E-state index contributed by atoms with van der Waals surface area (Å²) in [5, 5.41) is 0.532. The van der Waals surface area contributed by atoms with Crippen LogP contribution in [0, 0.1) is 0 Å². The summed E-state index contributed by atoms with van der Waals surface area (Å²) in [6.45, 7) is 2.04. The second-order valence-electron chi connectivity index (χ2n) is 5.21. The van der Waals surface area contributed by atoms with Crippen LogP contribution in [0.3, 0.4) is 0 Å². The number of benzene rings is 2. The first kappa shape index (κ1) is 18.5. The van der Waals surface area contributed by atoms with Gasteiger partial charge in [0.15, 0.2) is 0 Å². The SMILES string of the molecule is CCc1ccc(C(=O)NNC(=O)/C=C/c2cc(Cl)ccc2OC)cc1. The zero-order chi connectivity index (χ0) is 18.2. The van der Waals surface area contributed by atoms with Gasteiger partial charge in [-0.05, 0) is 48.4 Å². The van der Waals surface area contributed by atoms with E-state index in [9.17, 15) is 9.59 Å². The number of methoxy groups -OCH3 is 1. The van der Waals surface area contributed by atoms with Crippen molar-refractivity contribution < 1.29 is 14.3 Å². The Balaban J connectivity index is 1.93. The molecule has 2 aromatic rings. The van der Waals surface area contributed by atoms with Gasteiger partial charge in [0.1, 0.15) is 5.75 Å². The molecular weight excluding hydrogens is 340 g/mol. The van der Waals surface area contributed by atoms with Crippen molar-refractivity contribution in [2.24, 2.45) is 0 Å². The van der Waals surface area contributed by atoms with Gasteiger partial charge in [-0.3, -0.25) is 20.4 Å². The summed E-state index contributed by atoms with van der Waals surface area (Å²) in [6, 6.07) is 12.3. The summed E-state index contributed by atoms with van der Waals surface area (Å²) in [7, 11) is 1.53. The molecule has 2 N–H and O–H groups in total. The highest BCUT2D eigenvalue weighted by Gasteiger charge is 2.06. The molecule has 0 heterocycles. The number of amides is 2. The molecular formula is C19H19ClN2O3. The minimum Gasteiger partial charge on any atom is -0.496 e. The minimum atomic E-state index is -0.472. The van der Waals surface area contributed by atoms with E-state index in [1.807, 2.05) is 19.1 Å². The summed E-state index contributed by atoms with van der Waals surface area (Å²) in [6.07, 6.45) is 3.74. The highest BCUT2D eigenvalue weighted by molar-refractivity contribution is 6.30. The molecule has 0 aliphatic carbocycles. The molecule has 2 amide bonds. The second kappa shape index (κ2) is 8.89. The summed E-state index contributed by atoms with van der Waals surface area (Å²) < 4.78 is 5.20. The van der Waals surface area contributed by atoms with Crippen LogP contribution >= 0.6 is 11.6 Å².